The third kappa shape index (κ3) is 3.59. The van der Waals surface area contributed by atoms with Crippen molar-refractivity contribution in [2.75, 3.05) is 13.7 Å². The average molecular weight is 277 g/mol. The summed E-state index contributed by atoms with van der Waals surface area (Å²) in [5.41, 5.74) is 3.14. The van der Waals surface area contributed by atoms with Crippen LogP contribution >= 0.6 is 11.3 Å². The summed E-state index contributed by atoms with van der Waals surface area (Å²) in [6.07, 6.45) is 1.83. The first-order valence-corrected chi connectivity index (χ1v) is 7.17. The van der Waals surface area contributed by atoms with Gasteiger partial charge in [0.05, 0.1) is 18.0 Å². The maximum atomic E-state index is 5.22. The fraction of sp³-hybridized carbons (Fsp3) is 0.429. The van der Waals surface area contributed by atoms with E-state index in [4.69, 9.17) is 4.74 Å². The summed E-state index contributed by atoms with van der Waals surface area (Å²) in [5.74, 6) is 0. The van der Waals surface area contributed by atoms with E-state index in [0.29, 0.717) is 6.61 Å². The van der Waals surface area contributed by atoms with Crippen molar-refractivity contribution in [2.24, 2.45) is 0 Å². The number of ether oxygens (including phenoxy) is 1. The van der Waals surface area contributed by atoms with Gasteiger partial charge in [-0.15, -0.1) is 11.3 Å². The van der Waals surface area contributed by atoms with E-state index in [1.54, 1.807) is 18.4 Å². The Kier molecular flexibility index (Phi) is 5.01. The van der Waals surface area contributed by atoms with Gasteiger partial charge in [0.1, 0.15) is 5.01 Å². The van der Waals surface area contributed by atoms with E-state index in [-0.39, 0.29) is 0 Å². The molecule has 19 heavy (non-hydrogen) atoms. The molecule has 2 aromatic heterocycles. The first-order chi connectivity index (χ1) is 9.24. The lowest BCUT2D eigenvalue weighted by atomic mass is 10.2. The van der Waals surface area contributed by atoms with Crippen LogP contribution in [0.3, 0.4) is 0 Å². The van der Waals surface area contributed by atoms with Gasteiger partial charge in [0.2, 0.25) is 0 Å². The molecular formula is C14H19N3OS. The topological polar surface area (TPSA) is 47.0 Å². The van der Waals surface area contributed by atoms with Crippen LogP contribution in [0, 0.1) is 6.92 Å². The van der Waals surface area contributed by atoms with Gasteiger partial charge in [0.15, 0.2) is 0 Å². The number of hydrogen-bond donors (Lipinski definition) is 1. The van der Waals surface area contributed by atoms with E-state index in [1.165, 1.54) is 10.4 Å². The maximum absolute atomic E-state index is 5.22. The predicted molar refractivity (Wildman–Crippen MR) is 78.2 cm³/mol. The van der Waals surface area contributed by atoms with E-state index >= 15 is 0 Å². The van der Waals surface area contributed by atoms with E-state index in [2.05, 4.69) is 35.2 Å². The fourth-order valence-corrected chi connectivity index (χ4v) is 2.77. The average Bonchev–Trinajstić information content (AvgIpc) is 2.80. The lowest BCUT2D eigenvalue weighted by Gasteiger charge is -2.00. The fourth-order valence-electron chi connectivity index (χ4n) is 1.77. The van der Waals surface area contributed by atoms with Crippen molar-refractivity contribution in [3.05, 3.63) is 34.5 Å². The maximum Gasteiger partial charge on any atom is 0.142 e. The quantitative estimate of drug-likeness (QED) is 0.882. The molecule has 0 spiro atoms. The van der Waals surface area contributed by atoms with Gasteiger partial charge >= 0.3 is 0 Å². The van der Waals surface area contributed by atoms with E-state index in [1.807, 2.05) is 12.3 Å². The van der Waals surface area contributed by atoms with Crippen LogP contribution in [0.1, 0.15) is 23.1 Å². The Bertz CT molecular complexity index is 539. The number of methoxy groups -OCH3 is 1. The Labute approximate surface area is 117 Å². The second kappa shape index (κ2) is 6.75. The van der Waals surface area contributed by atoms with Crippen molar-refractivity contribution < 1.29 is 4.74 Å². The molecule has 4 nitrogen and oxygen atoms in total. The summed E-state index contributed by atoms with van der Waals surface area (Å²) >= 11 is 1.69. The van der Waals surface area contributed by atoms with Crippen LogP contribution in [-0.4, -0.2) is 23.6 Å². The molecule has 0 atom stereocenters. The SMILES string of the molecule is CCNCc1sc(-c2cc(C)ccn2)nc1COC. The molecule has 0 fully saturated rings. The van der Waals surface area contributed by atoms with Gasteiger partial charge in [0, 0.05) is 24.7 Å². The number of hydrogen-bond acceptors (Lipinski definition) is 5. The molecule has 0 aliphatic heterocycles. The largest absolute Gasteiger partial charge is 0.378 e. The highest BCUT2D eigenvalue weighted by molar-refractivity contribution is 7.15. The Hall–Kier alpha value is -1.30. The molecule has 0 bridgehead atoms. The number of rotatable bonds is 6. The molecule has 2 heterocycles. The standard InChI is InChI=1S/C14H19N3OS/c1-4-15-8-13-12(9-18-3)17-14(19-13)11-7-10(2)5-6-16-11/h5-7,15H,4,8-9H2,1-3H3. The first kappa shape index (κ1) is 14.1. The van der Waals surface area contributed by atoms with Crippen LogP contribution in [0.5, 0.6) is 0 Å². The molecule has 0 radical (unpaired) electrons. The van der Waals surface area contributed by atoms with Crippen LogP contribution in [0.15, 0.2) is 18.3 Å². The summed E-state index contributed by atoms with van der Waals surface area (Å²) in [5, 5.41) is 4.30. The summed E-state index contributed by atoms with van der Waals surface area (Å²) in [6.45, 7) is 6.48. The molecule has 0 amide bonds. The van der Waals surface area contributed by atoms with Crippen LogP contribution in [0.4, 0.5) is 0 Å². The minimum atomic E-state index is 0.545. The van der Waals surface area contributed by atoms with Crippen molar-refractivity contribution in [3.8, 4) is 10.7 Å². The summed E-state index contributed by atoms with van der Waals surface area (Å²) in [7, 11) is 1.70. The number of nitrogens with zero attached hydrogens (tertiary/aromatic N) is 2. The minimum Gasteiger partial charge on any atom is -0.378 e. The van der Waals surface area contributed by atoms with Crippen LogP contribution in [0.25, 0.3) is 10.7 Å². The Morgan fingerprint density at radius 2 is 2.26 bits per heavy atom. The highest BCUT2D eigenvalue weighted by atomic mass is 32.1. The molecule has 2 rings (SSSR count). The Balaban J connectivity index is 2.30. The van der Waals surface area contributed by atoms with Crippen molar-refractivity contribution in [3.63, 3.8) is 0 Å². The Morgan fingerprint density at radius 1 is 1.42 bits per heavy atom. The second-order valence-electron chi connectivity index (χ2n) is 4.32. The van der Waals surface area contributed by atoms with Gasteiger partial charge < -0.3 is 10.1 Å². The molecule has 2 aromatic rings. The minimum absolute atomic E-state index is 0.545. The normalized spacial score (nSPS) is 10.9. The highest BCUT2D eigenvalue weighted by Gasteiger charge is 2.13. The van der Waals surface area contributed by atoms with Gasteiger partial charge in [-0.3, -0.25) is 4.98 Å². The second-order valence-corrected chi connectivity index (χ2v) is 5.40. The lowest BCUT2D eigenvalue weighted by molar-refractivity contribution is 0.181. The zero-order chi connectivity index (χ0) is 13.7. The molecule has 0 aromatic carbocycles. The number of aryl methyl sites for hydroxylation is 1. The summed E-state index contributed by atoms with van der Waals surface area (Å²) in [4.78, 5) is 10.3. The van der Waals surface area contributed by atoms with Gasteiger partial charge in [-0.05, 0) is 31.2 Å². The highest BCUT2D eigenvalue weighted by Crippen LogP contribution is 2.27. The molecule has 0 unspecified atom stereocenters. The van der Waals surface area contributed by atoms with Gasteiger partial charge in [0.25, 0.3) is 0 Å². The summed E-state index contributed by atoms with van der Waals surface area (Å²) in [6, 6.07) is 4.05. The van der Waals surface area contributed by atoms with E-state index in [0.717, 1.165) is 29.5 Å². The van der Waals surface area contributed by atoms with Crippen LogP contribution in [0.2, 0.25) is 0 Å². The lowest BCUT2D eigenvalue weighted by Crippen LogP contribution is -2.12. The van der Waals surface area contributed by atoms with Gasteiger partial charge in [-0.2, -0.15) is 0 Å². The molecule has 102 valence electrons. The first-order valence-electron chi connectivity index (χ1n) is 6.35. The van der Waals surface area contributed by atoms with Crippen molar-refractivity contribution in [2.45, 2.75) is 27.0 Å². The van der Waals surface area contributed by atoms with Crippen molar-refractivity contribution in [1.82, 2.24) is 15.3 Å². The number of aromatic nitrogens is 2. The third-order valence-corrected chi connectivity index (χ3v) is 3.85. The van der Waals surface area contributed by atoms with Crippen molar-refractivity contribution >= 4 is 11.3 Å². The van der Waals surface area contributed by atoms with E-state index < -0.39 is 0 Å². The van der Waals surface area contributed by atoms with Crippen LogP contribution < -0.4 is 5.32 Å². The molecule has 1 N–H and O–H groups in total. The number of thiazole rings is 1. The third-order valence-electron chi connectivity index (χ3n) is 2.73. The van der Waals surface area contributed by atoms with Gasteiger partial charge in [-0.1, -0.05) is 6.92 Å². The van der Waals surface area contributed by atoms with Gasteiger partial charge in [-0.25, -0.2) is 4.98 Å². The predicted octanol–water partition coefficient (Wildman–Crippen LogP) is 2.77. The number of pyridine rings is 1. The molecule has 5 heteroatoms. The molecular weight excluding hydrogens is 258 g/mol. The van der Waals surface area contributed by atoms with E-state index in [9.17, 15) is 0 Å². The zero-order valence-corrected chi connectivity index (χ0v) is 12.4. The number of nitrogens with one attached hydrogen (secondary N) is 1. The van der Waals surface area contributed by atoms with Crippen molar-refractivity contribution in [1.29, 1.82) is 0 Å². The molecule has 0 saturated carbocycles. The molecule has 0 saturated heterocycles. The molecule has 0 aliphatic carbocycles. The monoisotopic (exact) mass is 277 g/mol. The smallest absolute Gasteiger partial charge is 0.142 e. The Morgan fingerprint density at radius 3 is 2.95 bits per heavy atom. The summed E-state index contributed by atoms with van der Waals surface area (Å²) < 4.78 is 5.22. The van der Waals surface area contributed by atoms with Crippen LogP contribution in [-0.2, 0) is 17.9 Å². The zero-order valence-electron chi connectivity index (χ0n) is 11.6. The molecule has 0 aliphatic rings.